The maximum Gasteiger partial charge on any atom is 0.226 e. The van der Waals surface area contributed by atoms with Gasteiger partial charge in [-0.05, 0) is 63.9 Å². The fourth-order valence-corrected chi connectivity index (χ4v) is 6.99. The van der Waals surface area contributed by atoms with Crippen LogP contribution < -0.4 is 0 Å². The topological polar surface area (TPSA) is 64.2 Å². The van der Waals surface area contributed by atoms with Crippen LogP contribution in [0.2, 0.25) is 0 Å². The fraction of sp³-hybridized carbons (Fsp3) is 0.0233. The molecule has 0 radical (unpaired) electrons. The van der Waals surface area contributed by atoms with Gasteiger partial charge in [0.2, 0.25) is 5.88 Å². The van der Waals surface area contributed by atoms with Crippen molar-refractivity contribution in [1.82, 2.24) is 15.0 Å². The van der Waals surface area contributed by atoms with Gasteiger partial charge >= 0.3 is 0 Å². The second kappa shape index (κ2) is 11.1. The summed E-state index contributed by atoms with van der Waals surface area (Å²) in [6.45, 7) is 5.69. The molecule has 48 heavy (non-hydrogen) atoms. The van der Waals surface area contributed by atoms with Crippen LogP contribution in [-0.2, 0) is 0 Å². The Balaban J connectivity index is 1.19. The van der Waals surface area contributed by atoms with E-state index in [-0.39, 0.29) is 0 Å². The van der Waals surface area contributed by atoms with Gasteiger partial charge in [-0.25, -0.2) is 19.9 Å². The van der Waals surface area contributed by atoms with Crippen molar-refractivity contribution in [2.45, 2.75) is 6.92 Å². The highest BCUT2D eigenvalue weighted by molar-refractivity contribution is 6.18. The van der Waals surface area contributed by atoms with Crippen LogP contribution in [0, 0.1) is 0 Å². The van der Waals surface area contributed by atoms with E-state index < -0.39 is 0 Å². The van der Waals surface area contributed by atoms with Crippen molar-refractivity contribution in [1.29, 1.82) is 0 Å². The molecule has 1 aliphatic rings. The van der Waals surface area contributed by atoms with E-state index in [9.17, 15) is 0 Å². The molecule has 6 aromatic carbocycles. The van der Waals surface area contributed by atoms with E-state index in [4.69, 9.17) is 19.4 Å². The van der Waals surface area contributed by atoms with Gasteiger partial charge in [0.15, 0.2) is 17.5 Å². The number of rotatable bonds is 6. The van der Waals surface area contributed by atoms with Crippen LogP contribution in [0.1, 0.15) is 12.5 Å². The first kappa shape index (κ1) is 27.8. The summed E-state index contributed by atoms with van der Waals surface area (Å²) < 4.78 is 6.06. The van der Waals surface area contributed by atoms with Gasteiger partial charge in [0.05, 0.1) is 0 Å². The molecule has 2 heterocycles. The van der Waals surface area contributed by atoms with Crippen LogP contribution in [0.25, 0.3) is 95.4 Å². The molecule has 8 aromatic rings. The molecule has 0 amide bonds. The number of aliphatic imine (C=N–C) groups is 1. The molecule has 226 valence electrons. The van der Waals surface area contributed by atoms with E-state index in [2.05, 4.69) is 90.6 Å². The van der Waals surface area contributed by atoms with Crippen LogP contribution in [0.5, 0.6) is 0 Å². The van der Waals surface area contributed by atoms with Crippen molar-refractivity contribution in [3.8, 4) is 67.5 Å². The first-order valence-electron chi connectivity index (χ1n) is 15.9. The number of furan rings is 1. The number of allylic oxidation sites excluding steroid dienone is 1. The van der Waals surface area contributed by atoms with E-state index in [0.29, 0.717) is 28.9 Å². The van der Waals surface area contributed by atoms with Crippen LogP contribution in [0.4, 0.5) is 5.88 Å². The van der Waals surface area contributed by atoms with Gasteiger partial charge in [-0.3, -0.25) is 0 Å². The van der Waals surface area contributed by atoms with Crippen LogP contribution in [0.15, 0.2) is 143 Å². The highest BCUT2D eigenvalue weighted by Gasteiger charge is 2.23. The predicted octanol–water partition coefficient (Wildman–Crippen LogP) is 11.5. The van der Waals surface area contributed by atoms with Gasteiger partial charge in [0.1, 0.15) is 5.58 Å². The molecule has 0 unspecified atom stereocenters. The molecule has 1 aliphatic carbocycles. The lowest BCUT2D eigenvalue weighted by Gasteiger charge is -2.11. The molecule has 0 atom stereocenters. The van der Waals surface area contributed by atoms with Gasteiger partial charge in [-0.1, -0.05) is 133 Å². The van der Waals surface area contributed by atoms with Gasteiger partial charge in [-0.2, -0.15) is 0 Å². The summed E-state index contributed by atoms with van der Waals surface area (Å²) >= 11 is 0. The average molecular weight is 617 g/mol. The Kier molecular flexibility index (Phi) is 6.44. The van der Waals surface area contributed by atoms with Crippen molar-refractivity contribution >= 4 is 40.4 Å². The van der Waals surface area contributed by atoms with Crippen molar-refractivity contribution in [2.75, 3.05) is 0 Å². The van der Waals surface area contributed by atoms with Crippen molar-refractivity contribution < 1.29 is 4.42 Å². The summed E-state index contributed by atoms with van der Waals surface area (Å²) in [5.74, 6) is 2.22. The molecule has 0 saturated heterocycles. The fourth-order valence-electron chi connectivity index (χ4n) is 6.99. The van der Waals surface area contributed by atoms with Crippen molar-refractivity contribution in [3.05, 3.63) is 139 Å². The van der Waals surface area contributed by atoms with Crippen LogP contribution in [-0.4, -0.2) is 21.7 Å². The molecule has 0 saturated carbocycles. The zero-order valence-corrected chi connectivity index (χ0v) is 26.2. The lowest BCUT2D eigenvalue weighted by Crippen LogP contribution is -2.00. The SMILES string of the molecule is C=Nc1oc2cccc(-c3nc(-c4ccccc4)nc(-c4ccc(-c5ccc6c7c(cccc57)-c5ccccc5-6)cc4)n3)c2c1/C=C\C. The molecule has 9 rings (SSSR count). The summed E-state index contributed by atoms with van der Waals surface area (Å²) in [4.78, 5) is 19.2. The molecule has 5 nitrogen and oxygen atoms in total. The number of nitrogens with zero attached hydrogens (tertiary/aromatic N) is 4. The quantitative estimate of drug-likeness (QED) is 0.174. The van der Waals surface area contributed by atoms with E-state index in [1.807, 2.05) is 67.6 Å². The molecular weight excluding hydrogens is 589 g/mol. The van der Waals surface area contributed by atoms with E-state index in [0.717, 1.165) is 33.2 Å². The maximum absolute atomic E-state index is 6.06. The standard InChI is InChI=1S/C43H28N4O/c1-3-11-36-39-35(18-10-19-37(39)48-43(36)44-2)42-46-40(27-12-5-4-6-13-27)45-41(47-42)28-22-20-26(21-23-28)29-24-25-34-31-15-8-7-14-30(31)33-17-9-16-32(29)38(33)34/h3-25H,2H2,1H3/b11-3-. The van der Waals surface area contributed by atoms with Gasteiger partial charge < -0.3 is 4.42 Å². The number of hydrogen-bond donors (Lipinski definition) is 0. The molecular formula is C43H28N4O. The van der Waals surface area contributed by atoms with Crippen LogP contribution in [0.3, 0.4) is 0 Å². The maximum atomic E-state index is 6.06. The number of fused-ring (bicyclic) bond motifs is 4. The molecule has 0 fully saturated rings. The molecule has 0 aliphatic heterocycles. The largest absolute Gasteiger partial charge is 0.438 e. The lowest BCUT2D eigenvalue weighted by molar-refractivity contribution is 0.626. The highest BCUT2D eigenvalue weighted by atomic mass is 16.3. The number of aromatic nitrogens is 3. The Labute approximate surface area is 277 Å². The second-order valence-corrected chi connectivity index (χ2v) is 11.8. The average Bonchev–Trinajstić information content (AvgIpc) is 3.68. The first-order valence-corrected chi connectivity index (χ1v) is 15.9. The Morgan fingerprint density at radius 3 is 1.83 bits per heavy atom. The minimum atomic E-state index is 0.468. The van der Waals surface area contributed by atoms with E-state index >= 15 is 0 Å². The van der Waals surface area contributed by atoms with E-state index in [1.54, 1.807) is 0 Å². The molecule has 0 bridgehead atoms. The third-order valence-corrected chi connectivity index (χ3v) is 9.12. The second-order valence-electron chi connectivity index (χ2n) is 11.8. The Bertz CT molecular complexity index is 2550. The zero-order chi connectivity index (χ0) is 32.2. The summed E-state index contributed by atoms with van der Waals surface area (Å²) in [5.41, 5.74) is 11.7. The Hall–Kier alpha value is -6.46. The third-order valence-electron chi connectivity index (χ3n) is 9.12. The monoisotopic (exact) mass is 616 g/mol. The molecule has 5 heteroatoms. The number of hydrogen-bond acceptors (Lipinski definition) is 5. The number of benzene rings is 6. The predicted molar refractivity (Wildman–Crippen MR) is 197 cm³/mol. The van der Waals surface area contributed by atoms with Crippen LogP contribution >= 0.6 is 0 Å². The van der Waals surface area contributed by atoms with Crippen molar-refractivity contribution in [2.24, 2.45) is 4.99 Å². The van der Waals surface area contributed by atoms with Gasteiger partial charge in [-0.15, -0.1) is 0 Å². The van der Waals surface area contributed by atoms with Gasteiger partial charge in [0.25, 0.3) is 0 Å². The van der Waals surface area contributed by atoms with E-state index in [1.165, 1.54) is 38.6 Å². The highest BCUT2D eigenvalue weighted by Crippen LogP contribution is 2.49. The summed E-state index contributed by atoms with van der Waals surface area (Å²) in [5, 5.41) is 3.45. The minimum Gasteiger partial charge on any atom is -0.438 e. The molecule has 0 N–H and O–H groups in total. The summed E-state index contributed by atoms with van der Waals surface area (Å²) in [6.07, 6.45) is 3.95. The smallest absolute Gasteiger partial charge is 0.226 e. The minimum absolute atomic E-state index is 0.468. The third kappa shape index (κ3) is 4.32. The molecule has 0 spiro atoms. The Morgan fingerprint density at radius 1 is 0.521 bits per heavy atom. The summed E-state index contributed by atoms with van der Waals surface area (Å²) in [7, 11) is 0. The first-order chi connectivity index (χ1) is 23.7. The zero-order valence-electron chi connectivity index (χ0n) is 26.2. The normalized spacial score (nSPS) is 11.9. The Morgan fingerprint density at radius 2 is 1.10 bits per heavy atom. The van der Waals surface area contributed by atoms with Crippen molar-refractivity contribution in [3.63, 3.8) is 0 Å². The van der Waals surface area contributed by atoms with Gasteiger partial charge in [0, 0.05) is 27.6 Å². The lowest BCUT2D eigenvalue weighted by atomic mass is 9.94. The summed E-state index contributed by atoms with van der Waals surface area (Å²) in [6, 6.07) is 44.2. The molecule has 2 aromatic heterocycles.